The molecule has 3 fully saturated rings. The van der Waals surface area contributed by atoms with Crippen LogP contribution in [0.3, 0.4) is 0 Å². The molecule has 1 atom stereocenters. The highest BCUT2D eigenvalue weighted by Crippen LogP contribution is 2.38. The topological polar surface area (TPSA) is 107 Å². The van der Waals surface area contributed by atoms with Crippen molar-refractivity contribution in [3.05, 3.63) is 23.8 Å². The Morgan fingerprint density at radius 1 is 1.24 bits per heavy atom. The van der Waals surface area contributed by atoms with Crippen LogP contribution in [0.4, 0.5) is 8.78 Å². The molecule has 1 aromatic rings. The number of carbonyl (C=O) groups excluding carboxylic acids is 2. The molecular weight excluding hydrogens is 466 g/mol. The number of halogens is 2. The summed E-state index contributed by atoms with van der Waals surface area (Å²) in [5, 5.41) is 16.4. The van der Waals surface area contributed by atoms with Crippen LogP contribution in [0.2, 0.25) is 0 Å². The molecule has 0 aromatic heterocycles. The Labute approximate surface area is 201 Å². The molecule has 0 bridgehead atoms. The highest BCUT2D eigenvalue weighted by molar-refractivity contribution is 8.26. The molecule has 3 aliphatic rings. The monoisotopic (exact) mass is 494 g/mol. The zero-order chi connectivity index (χ0) is 24.4. The van der Waals surface area contributed by atoms with Crippen molar-refractivity contribution in [3.8, 4) is 11.5 Å². The molecule has 2 amide bonds. The number of alkyl halides is 2. The van der Waals surface area contributed by atoms with Gasteiger partial charge in [0.05, 0.1) is 11.7 Å². The molecule has 11 heteroatoms. The SMILES string of the molecule is CN(C(=N)SC(=N)C1CC1)C(=O)CN1C[C@H](c2ccc(OC(F)F)c(OCC3CC3)c2)CC1=O. The number of thioether (sulfide) groups is 1. The van der Waals surface area contributed by atoms with Crippen molar-refractivity contribution in [1.29, 1.82) is 10.8 Å². The molecular formula is C23H28F2N4O4S. The molecule has 184 valence electrons. The summed E-state index contributed by atoms with van der Waals surface area (Å²) in [6.07, 6.45) is 4.19. The molecule has 0 unspecified atom stereocenters. The first-order valence-corrected chi connectivity index (χ1v) is 12.1. The fourth-order valence-corrected chi connectivity index (χ4v) is 4.56. The summed E-state index contributed by atoms with van der Waals surface area (Å²) in [7, 11) is 1.47. The summed E-state index contributed by atoms with van der Waals surface area (Å²) < 4.78 is 35.9. The van der Waals surface area contributed by atoms with Crippen LogP contribution >= 0.6 is 11.8 Å². The van der Waals surface area contributed by atoms with Gasteiger partial charge in [0.2, 0.25) is 11.8 Å². The number of nitrogens with one attached hydrogen (secondary N) is 2. The number of nitrogens with zero attached hydrogens (tertiary/aromatic N) is 2. The number of benzene rings is 1. The van der Waals surface area contributed by atoms with E-state index in [0.717, 1.165) is 43.0 Å². The van der Waals surface area contributed by atoms with Gasteiger partial charge in [0.1, 0.15) is 6.54 Å². The number of hydrogen-bond acceptors (Lipinski definition) is 7. The molecule has 2 saturated carbocycles. The Morgan fingerprint density at radius 2 is 1.97 bits per heavy atom. The van der Waals surface area contributed by atoms with Gasteiger partial charge in [0, 0.05) is 31.8 Å². The van der Waals surface area contributed by atoms with Crippen LogP contribution in [0.1, 0.15) is 43.6 Å². The molecule has 1 heterocycles. The van der Waals surface area contributed by atoms with Crippen LogP contribution in [0.5, 0.6) is 11.5 Å². The van der Waals surface area contributed by atoms with E-state index in [1.165, 1.54) is 22.9 Å². The summed E-state index contributed by atoms with van der Waals surface area (Å²) in [6, 6.07) is 4.72. The molecule has 8 nitrogen and oxygen atoms in total. The van der Waals surface area contributed by atoms with Gasteiger partial charge in [-0.05, 0) is 61.1 Å². The summed E-state index contributed by atoms with van der Waals surface area (Å²) in [4.78, 5) is 27.9. The lowest BCUT2D eigenvalue weighted by molar-refractivity contribution is -0.135. The second-order valence-electron chi connectivity index (χ2n) is 9.01. The lowest BCUT2D eigenvalue weighted by Gasteiger charge is -2.22. The zero-order valence-corrected chi connectivity index (χ0v) is 19.7. The van der Waals surface area contributed by atoms with Gasteiger partial charge in [0.15, 0.2) is 16.7 Å². The minimum atomic E-state index is -2.97. The maximum Gasteiger partial charge on any atom is 0.387 e. The van der Waals surface area contributed by atoms with Crippen molar-refractivity contribution in [2.24, 2.45) is 11.8 Å². The number of amides is 2. The van der Waals surface area contributed by atoms with Crippen molar-refractivity contribution in [2.45, 2.75) is 44.6 Å². The number of hydrogen-bond donors (Lipinski definition) is 2. The van der Waals surface area contributed by atoms with Crippen LogP contribution in [-0.2, 0) is 9.59 Å². The summed E-state index contributed by atoms with van der Waals surface area (Å²) in [6.45, 7) is -2.40. The van der Waals surface area contributed by atoms with Crippen LogP contribution in [0.25, 0.3) is 0 Å². The lowest BCUT2D eigenvalue weighted by Crippen LogP contribution is -2.41. The lowest BCUT2D eigenvalue weighted by atomic mass is 9.98. The Bertz CT molecular complexity index is 984. The molecule has 1 aromatic carbocycles. The van der Waals surface area contributed by atoms with Gasteiger partial charge in [0.25, 0.3) is 0 Å². The third-order valence-electron chi connectivity index (χ3n) is 6.20. The van der Waals surface area contributed by atoms with Gasteiger partial charge in [-0.25, -0.2) is 0 Å². The van der Waals surface area contributed by atoms with E-state index in [0.29, 0.717) is 24.1 Å². The third-order valence-corrected chi connectivity index (χ3v) is 7.22. The predicted octanol–water partition coefficient (Wildman–Crippen LogP) is 3.91. The minimum Gasteiger partial charge on any atom is -0.489 e. The fraction of sp³-hybridized carbons (Fsp3) is 0.565. The van der Waals surface area contributed by atoms with E-state index in [2.05, 4.69) is 4.74 Å². The predicted molar refractivity (Wildman–Crippen MR) is 124 cm³/mol. The van der Waals surface area contributed by atoms with E-state index in [1.807, 2.05) is 0 Å². The van der Waals surface area contributed by atoms with Crippen LogP contribution in [0, 0.1) is 22.7 Å². The molecule has 1 aliphatic heterocycles. The molecule has 4 rings (SSSR count). The first-order valence-electron chi connectivity index (χ1n) is 11.3. The van der Waals surface area contributed by atoms with Gasteiger partial charge < -0.3 is 14.4 Å². The summed E-state index contributed by atoms with van der Waals surface area (Å²) in [5.74, 6) is 0.0191. The highest BCUT2D eigenvalue weighted by atomic mass is 32.2. The maximum absolute atomic E-state index is 12.8. The smallest absolute Gasteiger partial charge is 0.387 e. The third kappa shape index (κ3) is 6.25. The average Bonchev–Trinajstić information content (AvgIpc) is 3.71. The summed E-state index contributed by atoms with van der Waals surface area (Å²) in [5.41, 5.74) is 0.755. The van der Waals surface area contributed by atoms with E-state index in [4.69, 9.17) is 15.6 Å². The average molecular weight is 495 g/mol. The van der Waals surface area contributed by atoms with Crippen molar-refractivity contribution < 1.29 is 27.8 Å². The van der Waals surface area contributed by atoms with Gasteiger partial charge in [-0.15, -0.1) is 0 Å². The molecule has 2 N–H and O–H groups in total. The molecule has 34 heavy (non-hydrogen) atoms. The standard InChI is InChI=1S/C23H28F2N4O4S/c1-28(23(27)34-21(26)14-4-5-14)20(31)11-29-10-16(9-19(29)30)15-6-7-17(33-22(24)25)18(8-15)32-12-13-2-3-13/h6-8,13-14,16,22,26-27H,2-5,9-12H2,1H3/t16-/m1/s1. The first-order chi connectivity index (χ1) is 16.2. The quantitative estimate of drug-likeness (QED) is 0.400. The highest BCUT2D eigenvalue weighted by Gasteiger charge is 2.34. The molecule has 0 radical (unpaired) electrons. The van der Waals surface area contributed by atoms with E-state index in [9.17, 15) is 18.4 Å². The molecule has 2 aliphatic carbocycles. The number of rotatable bonds is 9. The van der Waals surface area contributed by atoms with Crippen molar-refractivity contribution in [2.75, 3.05) is 26.7 Å². The van der Waals surface area contributed by atoms with Gasteiger partial charge in [-0.3, -0.25) is 25.3 Å². The van der Waals surface area contributed by atoms with Crippen LogP contribution in [-0.4, -0.2) is 65.2 Å². The molecule has 0 spiro atoms. The Kier molecular flexibility index (Phi) is 7.39. The van der Waals surface area contributed by atoms with Gasteiger partial charge in [-0.1, -0.05) is 6.07 Å². The first kappa shape index (κ1) is 24.4. The molecule has 1 saturated heterocycles. The van der Waals surface area contributed by atoms with E-state index in [-0.39, 0.29) is 47.4 Å². The van der Waals surface area contributed by atoms with E-state index >= 15 is 0 Å². The second kappa shape index (κ2) is 10.3. The van der Waals surface area contributed by atoms with Crippen molar-refractivity contribution >= 4 is 33.8 Å². The Morgan fingerprint density at radius 3 is 2.62 bits per heavy atom. The van der Waals surface area contributed by atoms with Crippen LogP contribution in [0.15, 0.2) is 18.2 Å². The number of likely N-dealkylation sites (tertiary alicyclic amines) is 1. The Hall–Kier alpha value is -2.69. The number of likely N-dealkylation sites (N-methyl/N-ethyl adjacent to an activating group) is 1. The maximum atomic E-state index is 12.8. The Balaban J connectivity index is 1.37. The second-order valence-corrected chi connectivity index (χ2v) is 10.0. The normalized spacial score (nSPS) is 19.9. The zero-order valence-electron chi connectivity index (χ0n) is 18.9. The minimum absolute atomic E-state index is 0.0304. The van der Waals surface area contributed by atoms with Gasteiger partial charge in [-0.2, -0.15) is 8.78 Å². The number of carbonyl (C=O) groups is 2. The van der Waals surface area contributed by atoms with Gasteiger partial charge >= 0.3 is 6.61 Å². The fourth-order valence-electron chi connectivity index (χ4n) is 3.71. The van der Waals surface area contributed by atoms with Crippen molar-refractivity contribution in [1.82, 2.24) is 9.80 Å². The van der Waals surface area contributed by atoms with Crippen LogP contribution < -0.4 is 9.47 Å². The van der Waals surface area contributed by atoms with E-state index < -0.39 is 12.5 Å². The number of amidine groups is 1. The van der Waals surface area contributed by atoms with E-state index in [1.54, 1.807) is 12.1 Å². The number of ether oxygens (including phenoxy) is 2. The van der Waals surface area contributed by atoms with Crippen molar-refractivity contribution in [3.63, 3.8) is 0 Å². The summed E-state index contributed by atoms with van der Waals surface area (Å²) >= 11 is 0.970. The largest absolute Gasteiger partial charge is 0.489 e.